The molecule has 0 atom stereocenters. The third kappa shape index (κ3) is 3.28. The number of carbonyl (C=O) groups is 1. The van der Waals surface area contributed by atoms with Crippen molar-refractivity contribution in [2.45, 2.75) is 36.9 Å². The van der Waals surface area contributed by atoms with Crippen molar-refractivity contribution in [2.24, 2.45) is 0 Å². The zero-order valence-corrected chi connectivity index (χ0v) is 12.9. The van der Waals surface area contributed by atoms with Gasteiger partial charge in [-0.05, 0) is 19.8 Å². The first kappa shape index (κ1) is 15.2. The molecule has 1 aromatic rings. The van der Waals surface area contributed by atoms with Crippen LogP contribution in [0.15, 0.2) is 9.00 Å². The molecule has 0 aliphatic carbocycles. The molecule has 0 unspecified atom stereocenters. The molecule has 1 amide bonds. The molecule has 0 bridgehead atoms. The summed E-state index contributed by atoms with van der Waals surface area (Å²) in [6.07, 6.45) is 1.16. The van der Waals surface area contributed by atoms with Gasteiger partial charge in [-0.25, -0.2) is 13.1 Å². The molecule has 112 valence electrons. The third-order valence-corrected chi connectivity index (χ3v) is 6.41. The normalized spacial score (nSPS) is 17.4. The molecule has 1 saturated heterocycles. The Hall–Kier alpha value is -1.19. The van der Waals surface area contributed by atoms with Gasteiger partial charge in [0.25, 0.3) is 10.0 Å². The van der Waals surface area contributed by atoms with Crippen molar-refractivity contribution < 1.29 is 13.2 Å². The van der Waals surface area contributed by atoms with Gasteiger partial charge in [0.2, 0.25) is 5.91 Å². The number of likely N-dealkylation sites (tertiary alicyclic amines) is 1. The molecule has 1 aliphatic heterocycles. The fraction of sp³-hybridized carbons (Fsp3) is 0.636. The van der Waals surface area contributed by atoms with E-state index in [2.05, 4.69) is 9.71 Å². The van der Waals surface area contributed by atoms with Crippen molar-refractivity contribution in [1.29, 1.82) is 0 Å². The minimum absolute atomic E-state index is 0.00556. The second-order valence-electron chi connectivity index (χ2n) is 4.83. The van der Waals surface area contributed by atoms with Crippen LogP contribution in [-0.2, 0) is 14.8 Å². The molecule has 2 rings (SSSR count). The molecule has 0 radical (unpaired) electrons. The highest BCUT2D eigenvalue weighted by atomic mass is 32.2. The van der Waals surface area contributed by atoms with Crippen LogP contribution in [0.1, 0.15) is 25.5 Å². The van der Waals surface area contributed by atoms with Crippen LogP contribution in [0, 0.1) is 6.92 Å². The number of hydrogen-bond acceptors (Lipinski definition) is 5. The van der Waals surface area contributed by atoms with Crippen molar-refractivity contribution >= 4 is 27.3 Å². The lowest BCUT2D eigenvalue weighted by molar-refractivity contribution is -0.129. The molecule has 9 heteroatoms. The average molecular weight is 319 g/mol. The number of H-pyrrole nitrogens is 1. The summed E-state index contributed by atoms with van der Waals surface area (Å²) in [6.45, 7) is 4.16. The smallest absolute Gasteiger partial charge is 0.305 e. The van der Waals surface area contributed by atoms with E-state index in [1.54, 1.807) is 11.8 Å². The number of nitrogens with one attached hydrogen (secondary N) is 2. The van der Waals surface area contributed by atoms with E-state index >= 15 is 0 Å². The molecule has 1 aromatic heterocycles. The van der Waals surface area contributed by atoms with Gasteiger partial charge >= 0.3 is 4.87 Å². The summed E-state index contributed by atoms with van der Waals surface area (Å²) in [5, 5.41) is 0. The van der Waals surface area contributed by atoms with Crippen LogP contribution in [0.25, 0.3) is 0 Å². The summed E-state index contributed by atoms with van der Waals surface area (Å²) >= 11 is 0.689. The number of thiazole rings is 1. The van der Waals surface area contributed by atoms with Crippen molar-refractivity contribution in [2.75, 3.05) is 13.1 Å². The summed E-state index contributed by atoms with van der Waals surface area (Å²) in [4.78, 5) is 26.2. The molecule has 20 heavy (non-hydrogen) atoms. The number of carbonyl (C=O) groups excluding carboxylic acids is 1. The average Bonchev–Trinajstić information content (AvgIpc) is 2.69. The Morgan fingerprint density at radius 3 is 2.45 bits per heavy atom. The van der Waals surface area contributed by atoms with Crippen LogP contribution in [0.4, 0.5) is 0 Å². The second kappa shape index (κ2) is 5.66. The maximum absolute atomic E-state index is 12.2. The molecule has 2 heterocycles. The van der Waals surface area contributed by atoms with Crippen LogP contribution in [0.5, 0.6) is 0 Å². The molecule has 0 spiro atoms. The Kier molecular flexibility index (Phi) is 4.31. The minimum atomic E-state index is -3.67. The number of piperidine rings is 1. The fourth-order valence-corrected chi connectivity index (χ4v) is 4.85. The topological polar surface area (TPSA) is 99.3 Å². The highest BCUT2D eigenvalue weighted by molar-refractivity contribution is 7.91. The van der Waals surface area contributed by atoms with E-state index in [9.17, 15) is 18.0 Å². The van der Waals surface area contributed by atoms with E-state index in [1.165, 1.54) is 6.92 Å². The van der Waals surface area contributed by atoms with Gasteiger partial charge in [-0.1, -0.05) is 11.3 Å². The molecular formula is C11H17N3O4S2. The molecular weight excluding hydrogens is 302 g/mol. The fourth-order valence-electron chi connectivity index (χ4n) is 2.23. The monoisotopic (exact) mass is 319 g/mol. The number of sulfonamides is 1. The summed E-state index contributed by atoms with van der Waals surface area (Å²) in [7, 11) is -3.67. The molecule has 1 fully saturated rings. The van der Waals surface area contributed by atoms with Gasteiger partial charge in [0, 0.05) is 31.7 Å². The van der Waals surface area contributed by atoms with E-state index in [4.69, 9.17) is 0 Å². The SMILES string of the molecule is CC(=O)N1CCC(NS(=O)(=O)c2sc(=O)[nH]c2C)CC1. The highest BCUT2D eigenvalue weighted by Crippen LogP contribution is 2.18. The lowest BCUT2D eigenvalue weighted by Crippen LogP contribution is -2.45. The summed E-state index contributed by atoms with van der Waals surface area (Å²) in [6, 6.07) is -0.202. The van der Waals surface area contributed by atoms with Crippen LogP contribution < -0.4 is 9.60 Å². The largest absolute Gasteiger partial charge is 0.343 e. The summed E-state index contributed by atoms with van der Waals surface area (Å²) in [5.41, 5.74) is 0.355. The maximum atomic E-state index is 12.2. The zero-order valence-electron chi connectivity index (χ0n) is 11.3. The van der Waals surface area contributed by atoms with Gasteiger partial charge in [0.05, 0.1) is 0 Å². The van der Waals surface area contributed by atoms with Crippen molar-refractivity contribution in [1.82, 2.24) is 14.6 Å². The van der Waals surface area contributed by atoms with Crippen LogP contribution in [0.2, 0.25) is 0 Å². The van der Waals surface area contributed by atoms with Crippen LogP contribution in [0.3, 0.4) is 0 Å². The first-order valence-electron chi connectivity index (χ1n) is 6.27. The number of nitrogens with zero attached hydrogens (tertiary/aromatic N) is 1. The van der Waals surface area contributed by atoms with Crippen molar-refractivity contribution in [3.63, 3.8) is 0 Å². The molecule has 7 nitrogen and oxygen atoms in total. The van der Waals surface area contributed by atoms with Gasteiger partial charge in [-0.15, -0.1) is 0 Å². The Balaban J connectivity index is 2.05. The predicted octanol–water partition coefficient (Wildman–Crippen LogP) is 0.0340. The Morgan fingerprint density at radius 1 is 1.40 bits per heavy atom. The Labute approximate surface area is 121 Å². The molecule has 2 N–H and O–H groups in total. The number of aromatic nitrogens is 1. The molecule has 1 aliphatic rings. The van der Waals surface area contributed by atoms with Crippen LogP contribution in [-0.4, -0.2) is 43.3 Å². The van der Waals surface area contributed by atoms with Crippen molar-refractivity contribution in [3.05, 3.63) is 15.4 Å². The van der Waals surface area contributed by atoms with Gasteiger partial charge in [-0.3, -0.25) is 9.59 Å². The predicted molar refractivity (Wildman–Crippen MR) is 75.3 cm³/mol. The number of aromatic amines is 1. The van der Waals surface area contributed by atoms with Gasteiger partial charge < -0.3 is 9.88 Å². The van der Waals surface area contributed by atoms with E-state index in [0.717, 1.165) is 0 Å². The highest BCUT2D eigenvalue weighted by Gasteiger charge is 2.27. The first-order valence-corrected chi connectivity index (χ1v) is 8.57. The van der Waals surface area contributed by atoms with E-state index < -0.39 is 10.0 Å². The molecule has 0 aromatic carbocycles. The lowest BCUT2D eigenvalue weighted by atomic mass is 10.1. The standard InChI is InChI=1S/C11H17N3O4S2/c1-7-10(19-11(16)12-7)20(17,18)13-9-3-5-14(6-4-9)8(2)15/h9,13H,3-6H2,1-2H3,(H,12,16). The van der Waals surface area contributed by atoms with Gasteiger partial charge in [0.15, 0.2) is 4.21 Å². The Morgan fingerprint density at radius 2 is 2.00 bits per heavy atom. The van der Waals surface area contributed by atoms with Gasteiger partial charge in [0.1, 0.15) is 0 Å². The van der Waals surface area contributed by atoms with E-state index in [-0.39, 0.29) is 21.0 Å². The van der Waals surface area contributed by atoms with Crippen LogP contribution >= 0.6 is 11.3 Å². The first-order chi connectivity index (χ1) is 9.29. The maximum Gasteiger partial charge on any atom is 0.305 e. The number of rotatable bonds is 3. The zero-order chi connectivity index (χ0) is 14.9. The van der Waals surface area contributed by atoms with E-state index in [0.29, 0.717) is 43.0 Å². The molecule has 0 saturated carbocycles. The van der Waals surface area contributed by atoms with Crippen molar-refractivity contribution in [3.8, 4) is 0 Å². The van der Waals surface area contributed by atoms with Gasteiger partial charge in [-0.2, -0.15) is 0 Å². The minimum Gasteiger partial charge on any atom is -0.343 e. The summed E-state index contributed by atoms with van der Waals surface area (Å²) < 4.78 is 27.1. The quantitative estimate of drug-likeness (QED) is 0.821. The Bertz CT molecular complexity index is 653. The lowest BCUT2D eigenvalue weighted by Gasteiger charge is -2.31. The second-order valence-corrected chi connectivity index (χ2v) is 7.72. The number of amides is 1. The number of hydrogen-bond donors (Lipinski definition) is 2. The third-order valence-electron chi connectivity index (χ3n) is 3.29. The van der Waals surface area contributed by atoms with E-state index in [1.807, 2.05) is 0 Å². The summed E-state index contributed by atoms with van der Waals surface area (Å²) in [5.74, 6) is 0.00556. The number of aryl methyl sites for hydroxylation is 1.